The number of rotatable bonds is 6. The van der Waals surface area contributed by atoms with Crippen molar-refractivity contribution in [2.45, 2.75) is 51.0 Å². The van der Waals surface area contributed by atoms with Crippen molar-refractivity contribution in [1.82, 2.24) is 29.8 Å². The van der Waals surface area contributed by atoms with Crippen LogP contribution in [-0.4, -0.2) is 54.4 Å². The molecule has 1 saturated carbocycles. The molecule has 5 rings (SSSR count). The fourth-order valence-electron chi connectivity index (χ4n) is 4.05. The van der Waals surface area contributed by atoms with Gasteiger partial charge in [-0.3, -0.25) is 10.1 Å². The van der Waals surface area contributed by atoms with Crippen LogP contribution in [0.5, 0.6) is 5.88 Å². The molecule has 1 saturated heterocycles. The standard InChI is InChI=1S/C24H26N8O3/c1-15-5-2-3-10-32(15)23(33)20-18(6-4-9-27-20)31-24(34)35-22-21(29-17-11-25-14-26-12-17)28-13-19(30-22)16-7-8-16/h4,6,9,11-16H,2-3,5,7-8,10H2,1H3,(H,28,29)(H,31,34). The lowest BCUT2D eigenvalue weighted by Gasteiger charge is -2.33. The van der Waals surface area contributed by atoms with Gasteiger partial charge in [0, 0.05) is 24.7 Å². The summed E-state index contributed by atoms with van der Waals surface area (Å²) in [5.74, 6) is 0.382. The topological polar surface area (TPSA) is 135 Å². The molecular weight excluding hydrogens is 448 g/mol. The van der Waals surface area contributed by atoms with Crippen LogP contribution in [-0.2, 0) is 0 Å². The van der Waals surface area contributed by atoms with E-state index in [4.69, 9.17) is 4.74 Å². The van der Waals surface area contributed by atoms with E-state index in [0.29, 0.717) is 18.2 Å². The normalized spacial score (nSPS) is 17.5. The molecule has 4 heterocycles. The lowest BCUT2D eigenvalue weighted by molar-refractivity contribution is 0.0630. The Balaban J connectivity index is 1.35. The van der Waals surface area contributed by atoms with Crippen LogP contribution < -0.4 is 15.4 Å². The summed E-state index contributed by atoms with van der Waals surface area (Å²) in [6.07, 6.45) is 12.0. The molecule has 0 spiro atoms. The summed E-state index contributed by atoms with van der Waals surface area (Å²) in [6, 6.07) is 3.40. The quantitative estimate of drug-likeness (QED) is 0.545. The van der Waals surface area contributed by atoms with Gasteiger partial charge in [-0.15, -0.1) is 0 Å². The minimum Gasteiger partial charge on any atom is -0.387 e. The highest BCUT2D eigenvalue weighted by Crippen LogP contribution is 2.40. The summed E-state index contributed by atoms with van der Waals surface area (Å²) < 4.78 is 5.56. The number of likely N-dealkylation sites (tertiary alicyclic amines) is 1. The Hall–Kier alpha value is -4.15. The van der Waals surface area contributed by atoms with Gasteiger partial charge in [-0.2, -0.15) is 0 Å². The van der Waals surface area contributed by atoms with Crippen molar-refractivity contribution in [2.24, 2.45) is 0 Å². The third-order valence-corrected chi connectivity index (χ3v) is 6.08. The number of ether oxygens (including phenoxy) is 1. The molecule has 1 unspecified atom stereocenters. The number of nitrogens with zero attached hydrogens (tertiary/aromatic N) is 6. The fraction of sp³-hybridized carbons (Fsp3) is 0.375. The average molecular weight is 475 g/mol. The van der Waals surface area contributed by atoms with Crippen LogP contribution in [0.15, 0.2) is 43.2 Å². The lowest BCUT2D eigenvalue weighted by Crippen LogP contribution is -2.42. The Morgan fingerprint density at radius 3 is 2.69 bits per heavy atom. The van der Waals surface area contributed by atoms with E-state index in [1.54, 1.807) is 35.6 Å². The molecule has 1 aliphatic heterocycles. The molecule has 11 nitrogen and oxygen atoms in total. The van der Waals surface area contributed by atoms with Gasteiger partial charge < -0.3 is 15.0 Å². The van der Waals surface area contributed by atoms with Gasteiger partial charge in [0.15, 0.2) is 11.5 Å². The van der Waals surface area contributed by atoms with Crippen LogP contribution >= 0.6 is 0 Å². The molecule has 2 aliphatic rings. The van der Waals surface area contributed by atoms with Gasteiger partial charge in [-0.1, -0.05) is 0 Å². The number of anilines is 3. The van der Waals surface area contributed by atoms with E-state index in [-0.39, 0.29) is 35.0 Å². The minimum atomic E-state index is -0.798. The highest BCUT2D eigenvalue weighted by molar-refractivity contribution is 6.01. The number of hydrogen-bond donors (Lipinski definition) is 2. The lowest BCUT2D eigenvalue weighted by atomic mass is 10.0. The van der Waals surface area contributed by atoms with E-state index in [9.17, 15) is 9.59 Å². The van der Waals surface area contributed by atoms with Crippen molar-refractivity contribution < 1.29 is 14.3 Å². The van der Waals surface area contributed by atoms with E-state index in [2.05, 4.69) is 35.6 Å². The van der Waals surface area contributed by atoms with Crippen LogP contribution in [0, 0.1) is 0 Å². The summed E-state index contributed by atoms with van der Waals surface area (Å²) in [6.45, 7) is 2.70. The first-order valence-electron chi connectivity index (χ1n) is 11.7. The number of pyridine rings is 1. The molecule has 1 atom stereocenters. The van der Waals surface area contributed by atoms with E-state index in [1.165, 1.54) is 12.5 Å². The van der Waals surface area contributed by atoms with E-state index in [1.807, 2.05) is 6.92 Å². The molecule has 180 valence electrons. The van der Waals surface area contributed by atoms with Crippen molar-refractivity contribution in [2.75, 3.05) is 17.2 Å². The smallest absolute Gasteiger partial charge is 0.387 e. The Morgan fingerprint density at radius 2 is 1.91 bits per heavy atom. The van der Waals surface area contributed by atoms with E-state index in [0.717, 1.165) is 37.8 Å². The molecule has 0 bridgehead atoms. The second-order valence-corrected chi connectivity index (χ2v) is 8.73. The maximum Gasteiger partial charge on any atom is 0.418 e. The number of amides is 2. The van der Waals surface area contributed by atoms with Gasteiger partial charge in [0.25, 0.3) is 11.8 Å². The van der Waals surface area contributed by atoms with Gasteiger partial charge in [0.05, 0.1) is 35.7 Å². The maximum atomic E-state index is 13.2. The molecular formula is C24H26N8O3. The maximum absolute atomic E-state index is 13.2. The average Bonchev–Trinajstić information content (AvgIpc) is 3.72. The van der Waals surface area contributed by atoms with Gasteiger partial charge in [-0.05, 0) is 51.2 Å². The Kier molecular flexibility index (Phi) is 6.47. The van der Waals surface area contributed by atoms with Crippen LogP contribution in [0.25, 0.3) is 0 Å². The molecule has 3 aromatic heterocycles. The third-order valence-electron chi connectivity index (χ3n) is 6.08. The largest absolute Gasteiger partial charge is 0.418 e. The number of carbonyl (C=O) groups excluding carboxylic acids is 2. The predicted octanol–water partition coefficient (Wildman–Crippen LogP) is 3.91. The second kappa shape index (κ2) is 10.00. The van der Waals surface area contributed by atoms with Gasteiger partial charge in [0.2, 0.25) is 0 Å². The van der Waals surface area contributed by atoms with Gasteiger partial charge >= 0.3 is 6.09 Å². The SMILES string of the molecule is CC1CCCCN1C(=O)c1ncccc1NC(=O)Oc1nc(C2CC2)cnc1Nc1cncnc1. The van der Waals surface area contributed by atoms with Crippen molar-refractivity contribution >= 4 is 29.2 Å². The minimum absolute atomic E-state index is 0.0252. The first-order chi connectivity index (χ1) is 17.1. The first kappa shape index (κ1) is 22.6. The zero-order valence-corrected chi connectivity index (χ0v) is 19.3. The Labute approximate surface area is 202 Å². The zero-order chi connectivity index (χ0) is 24.2. The number of aromatic nitrogens is 5. The summed E-state index contributed by atoms with van der Waals surface area (Å²) in [5, 5.41) is 5.69. The number of piperidine rings is 1. The van der Waals surface area contributed by atoms with Crippen molar-refractivity contribution in [1.29, 1.82) is 0 Å². The van der Waals surface area contributed by atoms with Crippen molar-refractivity contribution in [3.05, 3.63) is 54.6 Å². The molecule has 2 fully saturated rings. The third kappa shape index (κ3) is 5.34. The van der Waals surface area contributed by atoms with E-state index >= 15 is 0 Å². The molecule has 2 N–H and O–H groups in total. The van der Waals surface area contributed by atoms with Crippen LogP contribution in [0.2, 0.25) is 0 Å². The van der Waals surface area contributed by atoms with Crippen LogP contribution in [0.1, 0.15) is 61.1 Å². The Bertz CT molecular complexity index is 1220. The summed E-state index contributed by atoms with van der Waals surface area (Å²) in [7, 11) is 0. The monoisotopic (exact) mass is 474 g/mol. The second-order valence-electron chi connectivity index (χ2n) is 8.73. The molecule has 11 heteroatoms. The van der Waals surface area contributed by atoms with Gasteiger partial charge in [-0.25, -0.2) is 29.7 Å². The van der Waals surface area contributed by atoms with Crippen molar-refractivity contribution in [3.8, 4) is 5.88 Å². The van der Waals surface area contributed by atoms with Gasteiger partial charge in [0.1, 0.15) is 6.33 Å². The zero-order valence-electron chi connectivity index (χ0n) is 19.3. The number of carbonyl (C=O) groups is 2. The summed E-state index contributed by atoms with van der Waals surface area (Å²) >= 11 is 0. The number of hydrogen-bond acceptors (Lipinski definition) is 9. The Morgan fingerprint density at radius 1 is 1.09 bits per heavy atom. The molecule has 3 aromatic rings. The van der Waals surface area contributed by atoms with Crippen molar-refractivity contribution in [3.63, 3.8) is 0 Å². The highest BCUT2D eigenvalue weighted by atomic mass is 16.6. The molecule has 2 amide bonds. The van der Waals surface area contributed by atoms with E-state index < -0.39 is 6.09 Å². The fourth-order valence-corrected chi connectivity index (χ4v) is 4.05. The summed E-state index contributed by atoms with van der Waals surface area (Å²) in [5.41, 5.74) is 1.79. The number of nitrogens with one attached hydrogen (secondary N) is 2. The molecule has 0 aromatic carbocycles. The molecule has 1 aliphatic carbocycles. The molecule has 0 radical (unpaired) electrons. The predicted molar refractivity (Wildman–Crippen MR) is 128 cm³/mol. The van der Waals surface area contributed by atoms with Crippen LogP contribution in [0.4, 0.5) is 22.0 Å². The summed E-state index contributed by atoms with van der Waals surface area (Å²) in [4.78, 5) is 49.0. The molecule has 35 heavy (non-hydrogen) atoms. The highest BCUT2D eigenvalue weighted by Gasteiger charge is 2.29. The van der Waals surface area contributed by atoms with Crippen LogP contribution in [0.3, 0.4) is 0 Å². The first-order valence-corrected chi connectivity index (χ1v) is 11.7.